The molecule has 2 fully saturated rings. The third kappa shape index (κ3) is 5.32. The van der Waals surface area contributed by atoms with Gasteiger partial charge in [-0.1, -0.05) is 30.2 Å². The van der Waals surface area contributed by atoms with E-state index in [0.29, 0.717) is 55.1 Å². The van der Waals surface area contributed by atoms with Crippen LogP contribution in [-0.2, 0) is 23.1 Å². The molecule has 44 heavy (non-hydrogen) atoms. The van der Waals surface area contributed by atoms with E-state index in [2.05, 4.69) is 32.0 Å². The summed E-state index contributed by atoms with van der Waals surface area (Å²) < 4.78 is 0. The van der Waals surface area contributed by atoms with Crippen LogP contribution in [0.1, 0.15) is 93.7 Å². The Labute approximate surface area is 255 Å². The smallest absolute Gasteiger partial charge is 0.248 e. The molecule has 1 saturated carbocycles. The van der Waals surface area contributed by atoms with Crippen molar-refractivity contribution in [2.24, 2.45) is 17.4 Å². The average Bonchev–Trinajstić information content (AvgIpc) is 3.82. The molecule has 2 heterocycles. The van der Waals surface area contributed by atoms with E-state index in [0.717, 1.165) is 54.4 Å². The number of H-pyrrole nitrogens is 1. The van der Waals surface area contributed by atoms with Gasteiger partial charge in [0.2, 0.25) is 17.7 Å². The van der Waals surface area contributed by atoms with Gasteiger partial charge in [0.15, 0.2) is 5.82 Å². The molecule has 3 aliphatic rings. The number of nitrogens with one attached hydrogen (secondary N) is 2. The molecule has 2 aromatic carbocycles. The number of aromatic amines is 1. The van der Waals surface area contributed by atoms with Gasteiger partial charge in [0, 0.05) is 23.7 Å². The summed E-state index contributed by atoms with van der Waals surface area (Å²) in [7, 11) is 0. The van der Waals surface area contributed by atoms with Crippen molar-refractivity contribution in [3.05, 3.63) is 75.6 Å². The Balaban J connectivity index is 1.48. The van der Waals surface area contributed by atoms with Crippen LogP contribution in [0, 0.1) is 17.2 Å². The van der Waals surface area contributed by atoms with E-state index >= 15 is 0 Å². The van der Waals surface area contributed by atoms with E-state index in [1.54, 1.807) is 17.0 Å². The highest BCUT2D eigenvalue weighted by Crippen LogP contribution is 2.48. The molecule has 6 rings (SSSR count). The van der Waals surface area contributed by atoms with Gasteiger partial charge >= 0.3 is 0 Å². The van der Waals surface area contributed by atoms with Crippen molar-refractivity contribution in [2.75, 3.05) is 13.1 Å². The van der Waals surface area contributed by atoms with Crippen LogP contribution in [0.2, 0.25) is 0 Å². The standard InChI is InChI=1S/C32H37N9O3/c33-17-24-6-3-13-41(24)28(42)18-36-27(19-4-1-2-5-19)16-32(31-37-39-40-38-31)25-11-9-22(29(34)43)14-20(25)7-8-21-15-23(30(35)44)10-12-26(21)32/h9-12,14-15,19,24,27,36H,1-8,13,16,18H2,(H2,34,43)(H2,35,44)(H,37,38,39,40)/t24-,27-/m0/s1. The Bertz CT molecular complexity index is 1540. The van der Waals surface area contributed by atoms with Crippen LogP contribution < -0.4 is 16.8 Å². The molecule has 12 nitrogen and oxygen atoms in total. The third-order valence-electron chi connectivity index (χ3n) is 9.82. The summed E-state index contributed by atoms with van der Waals surface area (Å²) in [5.74, 6) is -0.359. The molecular weight excluding hydrogens is 558 g/mol. The fraction of sp³-hybridized carbons (Fsp3) is 0.469. The van der Waals surface area contributed by atoms with Crippen molar-refractivity contribution in [1.82, 2.24) is 30.8 Å². The number of hydrogen-bond acceptors (Lipinski definition) is 8. The Morgan fingerprint density at radius 2 is 1.64 bits per heavy atom. The van der Waals surface area contributed by atoms with Crippen LogP contribution in [0.25, 0.3) is 0 Å². The molecule has 1 saturated heterocycles. The molecule has 0 unspecified atom stereocenters. The molecule has 228 valence electrons. The lowest BCUT2D eigenvalue weighted by molar-refractivity contribution is -0.130. The summed E-state index contributed by atoms with van der Waals surface area (Å²) in [6, 6.07) is 12.8. The van der Waals surface area contributed by atoms with Gasteiger partial charge in [-0.05, 0) is 97.4 Å². The number of aryl methyl sites for hydroxylation is 2. The number of nitrogens with two attached hydrogens (primary N) is 2. The Hall–Kier alpha value is -4.63. The molecule has 0 spiro atoms. The van der Waals surface area contributed by atoms with Gasteiger partial charge in [-0.3, -0.25) is 14.4 Å². The fourth-order valence-electron chi connectivity index (χ4n) is 7.66. The first kappa shape index (κ1) is 29.4. The van der Waals surface area contributed by atoms with E-state index < -0.39 is 17.2 Å². The predicted molar refractivity (Wildman–Crippen MR) is 160 cm³/mol. The number of carbonyl (C=O) groups excluding carboxylic acids is 3. The molecular formula is C32H37N9O3. The number of carbonyl (C=O) groups is 3. The highest BCUT2D eigenvalue weighted by molar-refractivity contribution is 5.94. The quantitative estimate of drug-likeness (QED) is 0.287. The van der Waals surface area contributed by atoms with Crippen molar-refractivity contribution in [1.29, 1.82) is 5.26 Å². The summed E-state index contributed by atoms with van der Waals surface area (Å²) in [6.07, 6.45) is 7.44. The molecule has 12 heteroatoms. The average molecular weight is 596 g/mol. The predicted octanol–water partition coefficient (Wildman–Crippen LogP) is 1.88. The van der Waals surface area contributed by atoms with Gasteiger partial charge in [0.05, 0.1) is 18.0 Å². The SMILES string of the molecule is N#C[C@@H]1CCCN1C(=O)CN[C@@H](CC1(c2nn[nH]n2)c2ccc(C(N)=O)cc2CCc2cc(C(N)=O)ccc21)C1CCCC1. The Morgan fingerprint density at radius 3 is 2.18 bits per heavy atom. The number of hydrogen-bond donors (Lipinski definition) is 4. The van der Waals surface area contributed by atoms with Crippen LogP contribution in [0.3, 0.4) is 0 Å². The molecule has 3 amide bonds. The zero-order valence-corrected chi connectivity index (χ0v) is 24.6. The maximum Gasteiger partial charge on any atom is 0.248 e. The lowest BCUT2D eigenvalue weighted by atomic mass is 9.66. The van der Waals surface area contributed by atoms with Crippen LogP contribution in [0.4, 0.5) is 0 Å². The van der Waals surface area contributed by atoms with E-state index in [1.807, 2.05) is 24.3 Å². The molecule has 0 bridgehead atoms. The van der Waals surface area contributed by atoms with E-state index in [4.69, 9.17) is 11.5 Å². The highest BCUT2D eigenvalue weighted by Gasteiger charge is 2.47. The third-order valence-corrected chi connectivity index (χ3v) is 9.82. The molecule has 6 N–H and O–H groups in total. The second-order valence-corrected chi connectivity index (χ2v) is 12.2. The molecule has 2 atom stereocenters. The summed E-state index contributed by atoms with van der Waals surface area (Å²) in [6.45, 7) is 0.702. The van der Waals surface area contributed by atoms with Crippen molar-refractivity contribution in [2.45, 2.75) is 75.3 Å². The van der Waals surface area contributed by atoms with Gasteiger partial charge in [-0.15, -0.1) is 10.2 Å². The monoisotopic (exact) mass is 595 g/mol. The minimum absolute atomic E-state index is 0.0791. The van der Waals surface area contributed by atoms with Crippen LogP contribution >= 0.6 is 0 Å². The zero-order valence-electron chi connectivity index (χ0n) is 24.6. The van der Waals surface area contributed by atoms with E-state index in [-0.39, 0.29) is 24.5 Å². The van der Waals surface area contributed by atoms with Crippen molar-refractivity contribution in [3.63, 3.8) is 0 Å². The number of nitrogens with zero attached hydrogens (tertiary/aromatic N) is 5. The molecule has 0 radical (unpaired) electrons. The number of likely N-dealkylation sites (tertiary alicyclic amines) is 1. The summed E-state index contributed by atoms with van der Waals surface area (Å²) >= 11 is 0. The Kier molecular flexibility index (Phi) is 8.14. The lowest BCUT2D eigenvalue weighted by Crippen LogP contribution is -2.48. The number of benzene rings is 2. The first-order valence-electron chi connectivity index (χ1n) is 15.3. The summed E-state index contributed by atoms with van der Waals surface area (Å²) in [4.78, 5) is 39.5. The zero-order chi connectivity index (χ0) is 30.8. The van der Waals surface area contributed by atoms with Gasteiger partial charge in [-0.2, -0.15) is 10.5 Å². The topological polar surface area (TPSA) is 197 Å². The first-order valence-corrected chi connectivity index (χ1v) is 15.3. The molecule has 3 aromatic rings. The van der Waals surface area contributed by atoms with Crippen molar-refractivity contribution >= 4 is 17.7 Å². The lowest BCUT2D eigenvalue weighted by Gasteiger charge is -2.39. The molecule has 1 aromatic heterocycles. The number of aromatic nitrogens is 4. The second-order valence-electron chi connectivity index (χ2n) is 12.2. The van der Waals surface area contributed by atoms with Gasteiger partial charge in [0.1, 0.15) is 6.04 Å². The largest absolute Gasteiger partial charge is 0.366 e. The van der Waals surface area contributed by atoms with E-state index in [9.17, 15) is 19.6 Å². The maximum absolute atomic E-state index is 13.4. The van der Waals surface area contributed by atoms with Crippen LogP contribution in [0.15, 0.2) is 36.4 Å². The van der Waals surface area contributed by atoms with E-state index in [1.165, 1.54) is 0 Å². The first-order chi connectivity index (χ1) is 21.3. The molecule has 2 aliphatic carbocycles. The van der Waals surface area contributed by atoms with Crippen LogP contribution in [-0.4, -0.2) is 68.4 Å². The Morgan fingerprint density at radius 1 is 1.00 bits per heavy atom. The molecule has 1 aliphatic heterocycles. The highest BCUT2D eigenvalue weighted by atomic mass is 16.2. The van der Waals surface area contributed by atoms with Gasteiger partial charge < -0.3 is 21.7 Å². The minimum atomic E-state index is -0.938. The number of nitriles is 1. The van der Waals surface area contributed by atoms with Gasteiger partial charge in [0.25, 0.3) is 0 Å². The normalized spacial score (nSPS) is 19.9. The number of fused-ring (bicyclic) bond motifs is 2. The fourth-order valence-corrected chi connectivity index (χ4v) is 7.66. The maximum atomic E-state index is 13.4. The minimum Gasteiger partial charge on any atom is -0.366 e. The summed E-state index contributed by atoms with van der Waals surface area (Å²) in [5.41, 5.74) is 15.0. The number of tetrazole rings is 1. The van der Waals surface area contributed by atoms with Crippen LogP contribution in [0.5, 0.6) is 0 Å². The number of amides is 3. The van der Waals surface area contributed by atoms with Gasteiger partial charge in [-0.25, -0.2) is 0 Å². The number of rotatable bonds is 9. The second kappa shape index (κ2) is 12.2. The van der Waals surface area contributed by atoms with Crippen molar-refractivity contribution < 1.29 is 14.4 Å². The number of primary amides is 2. The summed E-state index contributed by atoms with van der Waals surface area (Å²) in [5, 5.41) is 28.9. The van der Waals surface area contributed by atoms with Crippen molar-refractivity contribution in [3.8, 4) is 6.07 Å².